The van der Waals surface area contributed by atoms with Crippen molar-refractivity contribution in [3.8, 4) is 5.75 Å². The minimum Gasteiger partial charge on any atom is -0.493 e. The lowest BCUT2D eigenvalue weighted by molar-refractivity contribution is -0.137. The molecule has 224 valence electrons. The van der Waals surface area contributed by atoms with E-state index in [1.54, 1.807) is 30.3 Å². The van der Waals surface area contributed by atoms with E-state index in [0.29, 0.717) is 59.2 Å². The molecule has 2 amide bonds. The molecule has 0 spiro atoms. The van der Waals surface area contributed by atoms with Crippen molar-refractivity contribution in [3.05, 3.63) is 107 Å². The highest BCUT2D eigenvalue weighted by Crippen LogP contribution is 2.35. The normalized spacial score (nSPS) is 18.0. The van der Waals surface area contributed by atoms with Gasteiger partial charge in [0, 0.05) is 29.4 Å². The van der Waals surface area contributed by atoms with Gasteiger partial charge in [0.2, 0.25) is 5.91 Å². The summed E-state index contributed by atoms with van der Waals surface area (Å²) in [5, 5.41) is 15.3. The van der Waals surface area contributed by atoms with Gasteiger partial charge in [-0.2, -0.15) is 13.2 Å². The number of aliphatic hydroxyl groups is 1. The fraction of sp³-hybridized carbons (Fsp3) is 0.273. The van der Waals surface area contributed by atoms with Gasteiger partial charge >= 0.3 is 6.18 Å². The Morgan fingerprint density at radius 1 is 1.12 bits per heavy atom. The molecule has 1 unspecified atom stereocenters. The number of rotatable bonds is 9. The van der Waals surface area contributed by atoms with Gasteiger partial charge in [-0.1, -0.05) is 49.4 Å². The predicted octanol–water partition coefficient (Wildman–Crippen LogP) is 5.99. The lowest BCUT2D eigenvalue weighted by atomic mass is 9.84. The molecule has 3 N–H and O–H groups in total. The number of nitrogens with one attached hydrogen (secondary N) is 2. The van der Waals surface area contributed by atoms with Gasteiger partial charge < -0.3 is 25.2 Å². The third-order valence-corrected chi connectivity index (χ3v) is 7.68. The van der Waals surface area contributed by atoms with Gasteiger partial charge in [-0.15, -0.1) is 0 Å². The molecule has 1 fully saturated rings. The van der Waals surface area contributed by atoms with E-state index >= 15 is 0 Å². The number of hydrogen-bond donors (Lipinski definition) is 3. The number of ether oxygens (including phenoxy) is 2. The van der Waals surface area contributed by atoms with Crippen LogP contribution in [-0.4, -0.2) is 42.8 Å². The van der Waals surface area contributed by atoms with Crippen molar-refractivity contribution in [1.82, 2.24) is 0 Å². The molecule has 0 radical (unpaired) electrons. The summed E-state index contributed by atoms with van der Waals surface area (Å²) in [7, 11) is 0. The highest BCUT2D eigenvalue weighted by molar-refractivity contribution is 6.03. The molecule has 2 heterocycles. The number of aliphatic hydroxyl groups excluding tert-OH is 1. The first-order valence-corrected chi connectivity index (χ1v) is 13.9. The molecule has 3 aromatic carbocycles. The van der Waals surface area contributed by atoms with Gasteiger partial charge in [0.1, 0.15) is 11.9 Å². The predicted molar refractivity (Wildman–Crippen MR) is 157 cm³/mol. The lowest BCUT2D eigenvalue weighted by Gasteiger charge is -2.40. The molecule has 1 saturated heterocycles. The summed E-state index contributed by atoms with van der Waals surface area (Å²) in [5.74, 6) is -0.361. The number of carbonyl (C=O) groups excluding carboxylic acids is 2. The molecular formula is C33H31F3N2O5. The van der Waals surface area contributed by atoms with E-state index in [1.807, 2.05) is 18.2 Å². The summed E-state index contributed by atoms with van der Waals surface area (Å²) >= 11 is 0. The number of carbonyl (C=O) groups is 2. The van der Waals surface area contributed by atoms with Crippen LogP contribution in [0.2, 0.25) is 0 Å². The van der Waals surface area contributed by atoms with Crippen LogP contribution in [0, 0.1) is 5.41 Å². The summed E-state index contributed by atoms with van der Waals surface area (Å²) < 4.78 is 51.1. The first-order valence-electron chi connectivity index (χ1n) is 13.9. The third kappa shape index (κ3) is 6.98. The Balaban J connectivity index is 1.39. The van der Waals surface area contributed by atoms with Crippen molar-refractivity contribution in [2.24, 2.45) is 5.41 Å². The summed E-state index contributed by atoms with van der Waals surface area (Å²) in [5.41, 5.74) is 2.58. The summed E-state index contributed by atoms with van der Waals surface area (Å²) in [6, 6.07) is 17.1. The van der Waals surface area contributed by atoms with Crippen LogP contribution in [0.5, 0.6) is 5.75 Å². The fourth-order valence-corrected chi connectivity index (χ4v) is 4.92. The second-order valence-corrected chi connectivity index (χ2v) is 10.7. The first-order chi connectivity index (χ1) is 20.6. The maximum Gasteiger partial charge on any atom is 0.416 e. The number of hydrogen-bond acceptors (Lipinski definition) is 5. The average molecular weight is 593 g/mol. The van der Waals surface area contributed by atoms with Crippen molar-refractivity contribution in [3.63, 3.8) is 0 Å². The van der Waals surface area contributed by atoms with Crippen molar-refractivity contribution in [2.75, 3.05) is 30.5 Å². The summed E-state index contributed by atoms with van der Waals surface area (Å²) in [6.07, 6.45) is -0.252. The number of allylic oxidation sites excluding steroid dienone is 2. The van der Waals surface area contributed by atoms with Crippen LogP contribution >= 0.6 is 0 Å². The Morgan fingerprint density at radius 3 is 2.53 bits per heavy atom. The molecule has 0 saturated carbocycles. The Morgan fingerprint density at radius 2 is 1.86 bits per heavy atom. The molecule has 5 rings (SSSR count). The molecule has 1 atom stereocenters. The van der Waals surface area contributed by atoms with E-state index < -0.39 is 29.7 Å². The van der Waals surface area contributed by atoms with Crippen molar-refractivity contribution >= 4 is 28.8 Å². The Kier molecular flexibility index (Phi) is 8.70. The van der Waals surface area contributed by atoms with Crippen LogP contribution in [-0.2, 0) is 26.9 Å². The molecule has 0 aromatic heterocycles. The van der Waals surface area contributed by atoms with Crippen LogP contribution in [0.1, 0.15) is 35.6 Å². The van der Waals surface area contributed by atoms with Crippen LogP contribution in [0.3, 0.4) is 0 Å². The van der Waals surface area contributed by atoms with Crippen molar-refractivity contribution in [2.45, 2.75) is 32.0 Å². The van der Waals surface area contributed by atoms with Gasteiger partial charge in [0.15, 0.2) is 0 Å². The van der Waals surface area contributed by atoms with Gasteiger partial charge in [-0.25, -0.2) is 0 Å². The Bertz CT molecular complexity index is 1550. The minimum atomic E-state index is -4.47. The number of fused-ring (bicyclic) bond motifs is 1. The van der Waals surface area contributed by atoms with Crippen LogP contribution in [0.4, 0.5) is 24.5 Å². The number of amides is 2. The van der Waals surface area contributed by atoms with Gasteiger partial charge in [-0.05, 0) is 59.5 Å². The molecule has 10 heteroatoms. The molecule has 2 aliphatic rings. The third-order valence-electron chi connectivity index (χ3n) is 7.68. The monoisotopic (exact) mass is 592 g/mol. The smallest absolute Gasteiger partial charge is 0.416 e. The summed E-state index contributed by atoms with van der Waals surface area (Å²) in [4.78, 5) is 24.6. The molecule has 2 aliphatic heterocycles. The zero-order valence-electron chi connectivity index (χ0n) is 23.4. The number of halogens is 3. The SMILES string of the molecule is CCC1(COc2cccc(/C(=C\C=C\C(=O)Nc3cccc4c3CC(O)C(=O)N4)c3ccc(C(F)(F)F)cc3)c2)COC1. The zero-order chi connectivity index (χ0) is 30.6. The first kappa shape index (κ1) is 30.1. The Labute approximate surface area is 247 Å². The average Bonchev–Trinajstić information content (AvgIpc) is 2.96. The zero-order valence-corrected chi connectivity index (χ0v) is 23.4. The van der Waals surface area contributed by atoms with Crippen molar-refractivity contribution < 1.29 is 37.3 Å². The van der Waals surface area contributed by atoms with Gasteiger partial charge in [0.25, 0.3) is 5.91 Å². The van der Waals surface area contributed by atoms with E-state index in [1.165, 1.54) is 24.3 Å². The van der Waals surface area contributed by atoms with Crippen LogP contribution < -0.4 is 15.4 Å². The fourth-order valence-electron chi connectivity index (χ4n) is 4.92. The highest BCUT2D eigenvalue weighted by atomic mass is 19.4. The second-order valence-electron chi connectivity index (χ2n) is 10.7. The standard InChI is InChI=1S/C33H31F3N2O5/c1-2-32(18-42-19-32)20-43-24-7-3-6-22(16-24)25(21-12-14-23(15-13-21)33(34,35)36)8-4-11-30(40)37-27-9-5-10-28-26(27)17-29(39)31(41)38-28/h3-16,29,39H,2,17-20H2,1H3,(H,37,40)(H,38,41)/b11-4+,25-8-. The van der Waals surface area contributed by atoms with E-state index in [-0.39, 0.29) is 11.8 Å². The summed E-state index contributed by atoms with van der Waals surface area (Å²) in [6.45, 7) is 3.84. The van der Waals surface area contributed by atoms with E-state index in [2.05, 4.69) is 17.6 Å². The van der Waals surface area contributed by atoms with E-state index in [9.17, 15) is 27.9 Å². The lowest BCUT2D eigenvalue weighted by Crippen LogP contribution is -2.46. The quantitative estimate of drug-likeness (QED) is 0.210. The molecule has 0 bridgehead atoms. The molecular weight excluding hydrogens is 561 g/mol. The van der Waals surface area contributed by atoms with Gasteiger partial charge in [-0.3, -0.25) is 9.59 Å². The number of alkyl halides is 3. The van der Waals surface area contributed by atoms with Crippen LogP contribution in [0.15, 0.2) is 85.0 Å². The molecule has 3 aromatic rings. The number of benzene rings is 3. The second kappa shape index (κ2) is 12.4. The Hall–Kier alpha value is -4.41. The van der Waals surface area contributed by atoms with E-state index in [4.69, 9.17) is 9.47 Å². The van der Waals surface area contributed by atoms with Crippen molar-refractivity contribution in [1.29, 1.82) is 0 Å². The minimum absolute atomic E-state index is 0.0279. The highest BCUT2D eigenvalue weighted by Gasteiger charge is 2.37. The largest absolute Gasteiger partial charge is 0.493 e. The molecule has 43 heavy (non-hydrogen) atoms. The maximum atomic E-state index is 13.2. The maximum absolute atomic E-state index is 13.2. The van der Waals surface area contributed by atoms with Gasteiger partial charge in [0.05, 0.1) is 30.8 Å². The molecule has 7 nitrogen and oxygen atoms in total. The number of anilines is 2. The molecule has 0 aliphatic carbocycles. The van der Waals surface area contributed by atoms with Crippen LogP contribution in [0.25, 0.3) is 5.57 Å². The van der Waals surface area contributed by atoms with E-state index in [0.717, 1.165) is 18.6 Å². The topological polar surface area (TPSA) is 96.9 Å².